The Morgan fingerprint density at radius 3 is 2.38 bits per heavy atom. The van der Waals surface area contributed by atoms with Crippen molar-refractivity contribution >= 4 is 44.9 Å². The fourth-order valence-electron chi connectivity index (χ4n) is 4.45. The third kappa shape index (κ3) is 3.21. The number of nitrogens with two attached hydrogens (primary N) is 2. The van der Waals surface area contributed by atoms with Crippen molar-refractivity contribution in [2.45, 2.75) is 57.2 Å². The molecule has 0 amide bonds. The second kappa shape index (κ2) is 6.84. The standard InChI is InChI=1S/C23H25ClN4O4/c1-22(2,29)21-16-13(25)7-6-11(19(16)31-28-21)9-23(3,30)17-14(26)8-12(24)15-18(10-4-5-10)27-32-20(15)17/h6-8,10,29-30H,4-5,9,25-26H2,1-3H3. The number of halogens is 1. The van der Waals surface area contributed by atoms with E-state index in [2.05, 4.69) is 10.3 Å². The van der Waals surface area contributed by atoms with E-state index in [1.807, 2.05) is 0 Å². The van der Waals surface area contributed by atoms with Crippen LogP contribution in [0.5, 0.6) is 0 Å². The van der Waals surface area contributed by atoms with Gasteiger partial charge in [0.1, 0.15) is 11.3 Å². The van der Waals surface area contributed by atoms with Gasteiger partial charge in [0.15, 0.2) is 11.2 Å². The monoisotopic (exact) mass is 456 g/mol. The highest BCUT2D eigenvalue weighted by Crippen LogP contribution is 2.48. The summed E-state index contributed by atoms with van der Waals surface area (Å²) in [5.74, 6) is 0.321. The van der Waals surface area contributed by atoms with Gasteiger partial charge in [0.25, 0.3) is 0 Å². The second-order valence-electron chi connectivity index (χ2n) is 9.43. The minimum atomic E-state index is -1.45. The Kier molecular flexibility index (Phi) is 4.50. The summed E-state index contributed by atoms with van der Waals surface area (Å²) in [6, 6.07) is 5.11. The maximum absolute atomic E-state index is 11.6. The number of aliphatic hydroxyl groups is 2. The molecule has 0 bridgehead atoms. The molecule has 0 aliphatic heterocycles. The lowest BCUT2D eigenvalue weighted by molar-refractivity contribution is 0.0586. The van der Waals surface area contributed by atoms with Crippen LogP contribution in [0.3, 0.4) is 0 Å². The predicted octanol–water partition coefficient (Wildman–Crippen LogP) is 4.34. The maximum atomic E-state index is 11.6. The van der Waals surface area contributed by atoms with Gasteiger partial charge in [0, 0.05) is 29.3 Å². The van der Waals surface area contributed by atoms with Gasteiger partial charge in [-0.2, -0.15) is 0 Å². The van der Waals surface area contributed by atoms with Crippen LogP contribution in [-0.4, -0.2) is 20.5 Å². The lowest BCUT2D eigenvalue weighted by atomic mass is 9.85. The molecule has 4 aromatic rings. The summed E-state index contributed by atoms with van der Waals surface area (Å²) in [4.78, 5) is 0. The van der Waals surface area contributed by atoms with Crippen LogP contribution in [-0.2, 0) is 17.6 Å². The molecule has 2 heterocycles. The Bertz CT molecular complexity index is 1360. The molecule has 8 nitrogen and oxygen atoms in total. The van der Waals surface area contributed by atoms with Crippen molar-refractivity contribution in [1.29, 1.82) is 0 Å². The number of nitrogen functional groups attached to an aromatic ring is 2. The Hall–Kier alpha value is -2.81. The molecule has 6 N–H and O–H groups in total. The number of hydrogen-bond donors (Lipinski definition) is 4. The van der Waals surface area contributed by atoms with Crippen molar-refractivity contribution in [1.82, 2.24) is 10.3 Å². The molecule has 1 fully saturated rings. The van der Waals surface area contributed by atoms with E-state index < -0.39 is 11.2 Å². The van der Waals surface area contributed by atoms with E-state index in [1.54, 1.807) is 39.0 Å². The molecular weight excluding hydrogens is 432 g/mol. The van der Waals surface area contributed by atoms with Gasteiger partial charge in [-0.3, -0.25) is 0 Å². The number of aromatic nitrogens is 2. The molecule has 2 aromatic heterocycles. The number of nitrogens with zero attached hydrogens (tertiary/aromatic N) is 2. The zero-order chi connectivity index (χ0) is 23.0. The summed E-state index contributed by atoms with van der Waals surface area (Å²) in [5.41, 5.74) is 13.5. The number of fused-ring (bicyclic) bond motifs is 2. The SMILES string of the molecule is CC(C)(O)c1noc2c(CC(C)(O)c3c(N)cc(Cl)c4c(C5CC5)noc34)ccc(N)c12. The molecule has 5 rings (SSSR count). The Morgan fingerprint density at radius 2 is 1.72 bits per heavy atom. The minimum absolute atomic E-state index is 0.130. The van der Waals surface area contributed by atoms with Crippen molar-refractivity contribution < 1.29 is 19.3 Å². The van der Waals surface area contributed by atoms with E-state index in [0.29, 0.717) is 61.1 Å². The summed E-state index contributed by atoms with van der Waals surface area (Å²) in [6.07, 6.45) is 2.20. The summed E-state index contributed by atoms with van der Waals surface area (Å²) >= 11 is 6.48. The highest BCUT2D eigenvalue weighted by Gasteiger charge is 2.37. The molecule has 1 unspecified atom stereocenters. The molecule has 0 radical (unpaired) electrons. The van der Waals surface area contributed by atoms with Crippen LogP contribution >= 0.6 is 11.6 Å². The Labute approximate surface area is 189 Å². The van der Waals surface area contributed by atoms with E-state index in [1.165, 1.54) is 0 Å². The fraction of sp³-hybridized carbons (Fsp3) is 0.391. The first-order valence-corrected chi connectivity index (χ1v) is 10.9. The fourth-order valence-corrected chi connectivity index (χ4v) is 4.75. The van der Waals surface area contributed by atoms with E-state index >= 15 is 0 Å². The third-order valence-corrected chi connectivity index (χ3v) is 6.41. The van der Waals surface area contributed by atoms with Crippen LogP contribution in [0, 0.1) is 0 Å². The van der Waals surface area contributed by atoms with Gasteiger partial charge in [-0.25, -0.2) is 0 Å². The first kappa shape index (κ1) is 21.1. The highest BCUT2D eigenvalue weighted by atomic mass is 35.5. The van der Waals surface area contributed by atoms with Gasteiger partial charge in [-0.1, -0.05) is 28.0 Å². The smallest absolute Gasteiger partial charge is 0.176 e. The van der Waals surface area contributed by atoms with Gasteiger partial charge in [0.2, 0.25) is 0 Å². The van der Waals surface area contributed by atoms with Crippen LogP contribution in [0.4, 0.5) is 11.4 Å². The average Bonchev–Trinajstić information content (AvgIpc) is 3.24. The van der Waals surface area contributed by atoms with E-state index in [0.717, 1.165) is 18.5 Å². The van der Waals surface area contributed by atoms with Crippen molar-refractivity contribution in [2.24, 2.45) is 0 Å². The first-order valence-electron chi connectivity index (χ1n) is 10.5. The normalized spacial score (nSPS) is 16.7. The number of hydrogen-bond acceptors (Lipinski definition) is 8. The van der Waals surface area contributed by atoms with Gasteiger partial charge in [-0.15, -0.1) is 0 Å². The molecule has 2 aromatic carbocycles. The molecular formula is C23H25ClN4O4. The summed E-state index contributed by atoms with van der Waals surface area (Å²) in [6.45, 7) is 4.87. The first-order chi connectivity index (χ1) is 15.0. The molecule has 0 saturated heterocycles. The zero-order valence-electron chi connectivity index (χ0n) is 18.1. The van der Waals surface area contributed by atoms with E-state index in [4.69, 9.17) is 32.1 Å². The number of rotatable bonds is 5. The third-order valence-electron chi connectivity index (χ3n) is 6.11. The Morgan fingerprint density at radius 1 is 1.03 bits per heavy atom. The van der Waals surface area contributed by atoms with Crippen LogP contribution < -0.4 is 11.5 Å². The van der Waals surface area contributed by atoms with E-state index in [-0.39, 0.29) is 6.42 Å². The molecule has 9 heteroatoms. The highest BCUT2D eigenvalue weighted by molar-refractivity contribution is 6.36. The zero-order valence-corrected chi connectivity index (χ0v) is 18.8. The quantitative estimate of drug-likeness (QED) is 0.324. The molecule has 1 atom stereocenters. The minimum Gasteiger partial charge on any atom is -0.398 e. The molecule has 1 saturated carbocycles. The van der Waals surface area contributed by atoms with Gasteiger partial charge < -0.3 is 30.7 Å². The number of anilines is 2. The second-order valence-corrected chi connectivity index (χ2v) is 9.83. The summed E-state index contributed by atoms with van der Waals surface area (Å²) in [7, 11) is 0. The number of benzene rings is 2. The van der Waals surface area contributed by atoms with Crippen molar-refractivity contribution in [3.05, 3.63) is 45.7 Å². The van der Waals surface area contributed by atoms with Gasteiger partial charge >= 0.3 is 0 Å². The van der Waals surface area contributed by atoms with Crippen molar-refractivity contribution in [3.8, 4) is 0 Å². The van der Waals surface area contributed by atoms with Crippen LogP contribution in [0.25, 0.3) is 21.9 Å². The van der Waals surface area contributed by atoms with E-state index in [9.17, 15) is 10.2 Å². The van der Waals surface area contributed by atoms with Crippen LogP contribution in [0.15, 0.2) is 27.2 Å². The molecule has 1 aliphatic rings. The van der Waals surface area contributed by atoms with Gasteiger partial charge in [0.05, 0.1) is 32.7 Å². The molecule has 1 aliphatic carbocycles. The van der Waals surface area contributed by atoms with Crippen molar-refractivity contribution in [3.63, 3.8) is 0 Å². The largest absolute Gasteiger partial charge is 0.398 e. The topological polar surface area (TPSA) is 145 Å². The lowest BCUT2D eigenvalue weighted by Gasteiger charge is -2.26. The summed E-state index contributed by atoms with van der Waals surface area (Å²) in [5, 5.41) is 32.0. The predicted molar refractivity (Wildman–Crippen MR) is 122 cm³/mol. The summed E-state index contributed by atoms with van der Waals surface area (Å²) < 4.78 is 11.2. The van der Waals surface area contributed by atoms with Gasteiger partial charge in [-0.05, 0) is 45.7 Å². The average molecular weight is 457 g/mol. The van der Waals surface area contributed by atoms with Crippen LogP contribution in [0.1, 0.15) is 62.0 Å². The molecule has 168 valence electrons. The van der Waals surface area contributed by atoms with Crippen molar-refractivity contribution in [2.75, 3.05) is 11.5 Å². The Balaban J connectivity index is 1.64. The molecule has 0 spiro atoms. The van der Waals surface area contributed by atoms with Crippen LogP contribution in [0.2, 0.25) is 5.02 Å². The maximum Gasteiger partial charge on any atom is 0.176 e. The molecule has 32 heavy (non-hydrogen) atoms. The lowest BCUT2D eigenvalue weighted by Crippen LogP contribution is -2.26.